The van der Waals surface area contributed by atoms with Crippen LogP contribution in [0.2, 0.25) is 0 Å². The topological polar surface area (TPSA) is 77.8 Å². The van der Waals surface area contributed by atoms with Gasteiger partial charge in [0.15, 0.2) is 0 Å². The van der Waals surface area contributed by atoms with E-state index in [0.717, 1.165) is 56.9 Å². The van der Waals surface area contributed by atoms with Gasteiger partial charge in [-0.15, -0.1) is 0 Å². The number of nitrogen functional groups attached to an aromatic ring is 1. The lowest BCUT2D eigenvalue weighted by Crippen LogP contribution is -2.23. The maximum absolute atomic E-state index is 14.2. The van der Waals surface area contributed by atoms with E-state index >= 15 is 0 Å². The second-order valence-corrected chi connectivity index (χ2v) is 9.44. The van der Waals surface area contributed by atoms with Crippen molar-refractivity contribution in [3.05, 3.63) is 76.9 Å². The molecule has 0 fully saturated rings. The van der Waals surface area contributed by atoms with Crippen LogP contribution in [0.5, 0.6) is 5.75 Å². The van der Waals surface area contributed by atoms with Crippen LogP contribution in [-0.4, -0.2) is 40.4 Å². The van der Waals surface area contributed by atoms with Gasteiger partial charge in [-0.3, -0.25) is 4.79 Å². The highest BCUT2D eigenvalue weighted by Crippen LogP contribution is 2.47. The van der Waals surface area contributed by atoms with E-state index in [1.165, 1.54) is 0 Å². The van der Waals surface area contributed by atoms with Crippen LogP contribution < -0.4 is 15.4 Å². The van der Waals surface area contributed by atoms with E-state index in [1.807, 2.05) is 49.9 Å². The van der Waals surface area contributed by atoms with Gasteiger partial charge in [-0.25, -0.2) is 13.8 Å². The number of hydrogen-bond donors (Lipinski definition) is 1. The molecule has 0 radical (unpaired) electrons. The molecule has 0 saturated heterocycles. The summed E-state index contributed by atoms with van der Waals surface area (Å²) in [5.41, 5.74) is 11.4. The van der Waals surface area contributed by atoms with Crippen molar-refractivity contribution in [3.63, 3.8) is 0 Å². The standard InChI is InChI=1S/C28H25F2N5O2/c1-14-32-25-20(34(14)3)13-22(37-4)23-17-6-5-8-35-21(12-15(26(17)35)7-9-33(2)27(23)25)28(36)16-10-18(29)24(31)19(30)11-16/h5-6,8,10-13H,7,9,31H2,1-4H3. The zero-order valence-electron chi connectivity index (χ0n) is 20.9. The number of anilines is 2. The SMILES string of the molecule is COc1cc2c(nc(C)n2C)c2c1-c1cccn3c(C(=O)c4cc(F)c(N)c(F)c4)cc(c13)CCN2C. The molecule has 2 N–H and O–H groups in total. The fourth-order valence-electron chi connectivity index (χ4n) is 5.36. The monoisotopic (exact) mass is 501 g/mol. The van der Waals surface area contributed by atoms with Crippen molar-refractivity contribution in [2.24, 2.45) is 7.05 Å². The Morgan fingerprint density at radius 1 is 1.14 bits per heavy atom. The number of hydrogen-bond acceptors (Lipinski definition) is 5. The van der Waals surface area contributed by atoms with Gasteiger partial charge >= 0.3 is 0 Å². The first-order valence-electron chi connectivity index (χ1n) is 11.9. The lowest BCUT2D eigenvalue weighted by Gasteiger charge is -2.27. The van der Waals surface area contributed by atoms with Crippen molar-refractivity contribution in [1.29, 1.82) is 0 Å². The molecule has 0 saturated carbocycles. The number of rotatable bonds is 3. The molecule has 2 aromatic carbocycles. The number of carbonyl (C=O) groups excluding carboxylic acids is 1. The number of nitrogens with zero attached hydrogens (tertiary/aromatic N) is 4. The summed E-state index contributed by atoms with van der Waals surface area (Å²) in [6.45, 7) is 2.63. The summed E-state index contributed by atoms with van der Waals surface area (Å²) in [6, 6.07) is 9.61. The van der Waals surface area contributed by atoms with Crippen molar-refractivity contribution < 1.29 is 18.3 Å². The molecule has 4 heterocycles. The largest absolute Gasteiger partial charge is 0.496 e. The van der Waals surface area contributed by atoms with Gasteiger partial charge in [0.1, 0.15) is 34.4 Å². The van der Waals surface area contributed by atoms with Crippen LogP contribution in [0.3, 0.4) is 0 Å². The van der Waals surface area contributed by atoms with Crippen LogP contribution in [0.15, 0.2) is 42.6 Å². The lowest BCUT2D eigenvalue weighted by atomic mass is 9.96. The maximum atomic E-state index is 14.2. The van der Waals surface area contributed by atoms with Crippen molar-refractivity contribution in [2.75, 3.05) is 31.3 Å². The Morgan fingerprint density at radius 3 is 2.57 bits per heavy atom. The first-order valence-corrected chi connectivity index (χ1v) is 11.9. The van der Waals surface area contributed by atoms with Crippen LogP contribution >= 0.6 is 0 Å². The van der Waals surface area contributed by atoms with Crippen molar-refractivity contribution >= 4 is 33.7 Å². The Hall–Kier alpha value is -4.40. The van der Waals surface area contributed by atoms with Gasteiger partial charge in [0, 0.05) is 44.0 Å². The second-order valence-electron chi connectivity index (χ2n) is 9.44. The number of aromatic nitrogens is 3. The molecular formula is C28H25F2N5O2. The molecular weight excluding hydrogens is 476 g/mol. The lowest BCUT2D eigenvalue weighted by molar-refractivity contribution is 0.103. The van der Waals surface area contributed by atoms with Crippen LogP contribution in [0.25, 0.3) is 27.7 Å². The maximum Gasteiger partial charge on any atom is 0.209 e. The van der Waals surface area contributed by atoms with E-state index in [9.17, 15) is 13.6 Å². The molecule has 0 unspecified atom stereocenters. The molecule has 1 aliphatic rings. The highest BCUT2D eigenvalue weighted by Gasteiger charge is 2.29. The first kappa shape index (κ1) is 23.0. The number of ether oxygens (including phenoxy) is 1. The van der Waals surface area contributed by atoms with Crippen LogP contribution in [0, 0.1) is 18.6 Å². The Balaban J connectivity index is 1.66. The number of fused-ring (bicyclic) bond motifs is 4. The summed E-state index contributed by atoms with van der Waals surface area (Å²) < 4.78 is 38.1. The molecule has 0 amide bonds. The number of methoxy groups -OCH3 is 1. The molecule has 0 atom stereocenters. The zero-order valence-corrected chi connectivity index (χ0v) is 20.9. The van der Waals surface area contributed by atoms with E-state index in [-0.39, 0.29) is 5.56 Å². The predicted octanol–water partition coefficient (Wildman–Crippen LogP) is 4.89. The van der Waals surface area contributed by atoms with Gasteiger partial charge in [0.2, 0.25) is 5.78 Å². The van der Waals surface area contributed by atoms with Crippen LogP contribution in [-0.2, 0) is 13.5 Å². The van der Waals surface area contributed by atoms with Gasteiger partial charge in [-0.1, -0.05) is 6.07 Å². The number of imidazole rings is 1. The number of benzene rings is 2. The molecule has 9 heteroatoms. The van der Waals surface area contributed by atoms with Crippen LogP contribution in [0.4, 0.5) is 20.2 Å². The summed E-state index contributed by atoms with van der Waals surface area (Å²) in [6.07, 6.45) is 2.44. The van der Waals surface area contributed by atoms with Crippen LogP contribution in [0.1, 0.15) is 27.4 Å². The van der Waals surface area contributed by atoms with E-state index in [1.54, 1.807) is 17.7 Å². The van der Waals surface area contributed by atoms with Gasteiger partial charge in [0.25, 0.3) is 0 Å². The molecule has 6 rings (SSSR count). The van der Waals surface area contributed by atoms with Gasteiger partial charge in [-0.2, -0.15) is 0 Å². The molecule has 1 aliphatic heterocycles. The quantitative estimate of drug-likeness (QED) is 0.281. The molecule has 188 valence electrons. The number of ketones is 1. The molecule has 7 nitrogen and oxygen atoms in total. The molecule has 37 heavy (non-hydrogen) atoms. The van der Waals surface area contributed by atoms with E-state index in [0.29, 0.717) is 24.4 Å². The van der Waals surface area contributed by atoms with Crippen molar-refractivity contribution in [2.45, 2.75) is 13.3 Å². The Kier molecular flexibility index (Phi) is 5.01. The van der Waals surface area contributed by atoms with Crippen molar-refractivity contribution in [1.82, 2.24) is 14.0 Å². The minimum Gasteiger partial charge on any atom is -0.496 e. The number of carbonyl (C=O) groups is 1. The van der Waals surface area contributed by atoms with Gasteiger partial charge < -0.3 is 24.3 Å². The summed E-state index contributed by atoms with van der Waals surface area (Å²) >= 11 is 0. The third kappa shape index (κ3) is 3.23. The number of halogens is 2. The molecule has 3 aromatic heterocycles. The average Bonchev–Trinajstić information content (AvgIpc) is 3.39. The average molecular weight is 502 g/mol. The second kappa shape index (κ2) is 8.06. The van der Waals surface area contributed by atoms with Gasteiger partial charge in [0.05, 0.1) is 35.1 Å². The molecule has 0 spiro atoms. The first-order chi connectivity index (χ1) is 17.7. The predicted molar refractivity (Wildman–Crippen MR) is 140 cm³/mol. The Morgan fingerprint density at radius 2 is 1.86 bits per heavy atom. The summed E-state index contributed by atoms with van der Waals surface area (Å²) in [7, 11) is 5.64. The zero-order chi connectivity index (χ0) is 26.2. The fraction of sp³-hybridized carbons (Fsp3) is 0.214. The molecule has 5 aromatic rings. The summed E-state index contributed by atoms with van der Waals surface area (Å²) in [4.78, 5) is 20.5. The normalized spacial score (nSPS) is 13.1. The Labute approximate surface area is 211 Å². The van der Waals surface area contributed by atoms with E-state index < -0.39 is 23.1 Å². The third-order valence-electron chi connectivity index (χ3n) is 7.37. The highest BCUT2D eigenvalue weighted by atomic mass is 19.1. The van der Waals surface area contributed by atoms with E-state index in [2.05, 4.69) is 4.90 Å². The number of nitrogens with two attached hydrogens (primary N) is 1. The minimum absolute atomic E-state index is 0.101. The summed E-state index contributed by atoms with van der Waals surface area (Å²) in [5, 5.41) is 0. The smallest absolute Gasteiger partial charge is 0.209 e. The summed E-state index contributed by atoms with van der Waals surface area (Å²) in [5.74, 6) is -0.837. The number of aryl methyl sites for hydroxylation is 2. The highest BCUT2D eigenvalue weighted by molar-refractivity contribution is 6.11. The fourth-order valence-corrected chi connectivity index (χ4v) is 5.36. The van der Waals surface area contributed by atoms with E-state index in [4.69, 9.17) is 15.5 Å². The third-order valence-corrected chi connectivity index (χ3v) is 7.37. The number of likely N-dealkylation sites (N-methyl/N-ethyl adjacent to an activating group) is 1. The minimum atomic E-state index is -0.960. The number of pyridine rings is 1. The Bertz CT molecular complexity index is 1750. The molecule has 0 bridgehead atoms. The van der Waals surface area contributed by atoms with Crippen molar-refractivity contribution in [3.8, 4) is 16.9 Å². The molecule has 0 aliphatic carbocycles. The van der Waals surface area contributed by atoms with Gasteiger partial charge in [-0.05, 0) is 43.2 Å².